The van der Waals surface area contributed by atoms with Crippen LogP contribution in [-0.4, -0.2) is 24.4 Å². The summed E-state index contributed by atoms with van der Waals surface area (Å²) in [6.07, 6.45) is -0.244. The summed E-state index contributed by atoms with van der Waals surface area (Å²) in [7, 11) is 0. The van der Waals surface area contributed by atoms with Gasteiger partial charge in [0.2, 0.25) is 0 Å². The number of halogens is 1. The first kappa shape index (κ1) is 9.84. The van der Waals surface area contributed by atoms with Gasteiger partial charge in [0, 0.05) is 10.0 Å². The third-order valence-electron chi connectivity index (χ3n) is 2.74. The average Bonchev–Trinajstić information content (AvgIpc) is 2.84. The lowest BCUT2D eigenvalue weighted by atomic mass is 9.94. The van der Waals surface area contributed by atoms with Gasteiger partial charge >= 0.3 is 5.97 Å². The minimum atomic E-state index is -0.360. The standard InChI is InChI=1S/C11H8BrNO3/c12-7-3-1-6(2-4-7)10-9-8(16-13-10)5-15-11(9)14/h1-4,8-9H,5H2. The maximum absolute atomic E-state index is 11.5. The SMILES string of the molecule is O=C1OCC2ON=C(c3ccc(Br)cc3)C12. The van der Waals surface area contributed by atoms with Gasteiger partial charge in [-0.1, -0.05) is 33.2 Å². The quantitative estimate of drug-likeness (QED) is 0.737. The van der Waals surface area contributed by atoms with Crippen LogP contribution < -0.4 is 0 Å². The molecule has 5 heteroatoms. The lowest BCUT2D eigenvalue weighted by molar-refractivity contribution is -0.139. The van der Waals surface area contributed by atoms with Gasteiger partial charge < -0.3 is 9.57 Å². The van der Waals surface area contributed by atoms with E-state index in [1.54, 1.807) is 0 Å². The molecule has 2 aliphatic rings. The van der Waals surface area contributed by atoms with Crippen molar-refractivity contribution < 1.29 is 14.4 Å². The molecule has 0 saturated carbocycles. The topological polar surface area (TPSA) is 47.9 Å². The zero-order valence-electron chi connectivity index (χ0n) is 8.22. The monoisotopic (exact) mass is 281 g/mol. The Hall–Kier alpha value is -1.36. The molecule has 0 amide bonds. The Balaban J connectivity index is 1.96. The molecular weight excluding hydrogens is 274 g/mol. The highest BCUT2D eigenvalue weighted by Gasteiger charge is 2.47. The molecule has 1 fully saturated rings. The Kier molecular flexibility index (Phi) is 2.21. The summed E-state index contributed by atoms with van der Waals surface area (Å²) in [5, 5.41) is 3.97. The first-order valence-corrected chi connectivity index (χ1v) is 5.71. The van der Waals surface area contributed by atoms with Crippen molar-refractivity contribution in [3.63, 3.8) is 0 Å². The third-order valence-corrected chi connectivity index (χ3v) is 3.27. The van der Waals surface area contributed by atoms with Crippen molar-refractivity contribution in [1.82, 2.24) is 0 Å². The van der Waals surface area contributed by atoms with E-state index in [0.717, 1.165) is 10.0 Å². The molecular formula is C11H8BrNO3. The zero-order chi connectivity index (χ0) is 11.1. The van der Waals surface area contributed by atoms with E-state index in [1.807, 2.05) is 24.3 Å². The van der Waals surface area contributed by atoms with Crippen LogP contribution in [0.5, 0.6) is 0 Å². The Morgan fingerprint density at radius 2 is 2.06 bits per heavy atom. The summed E-state index contributed by atoms with van der Waals surface area (Å²) in [6.45, 7) is 0.299. The first-order chi connectivity index (χ1) is 7.75. The number of oxime groups is 1. The molecule has 0 bridgehead atoms. The van der Waals surface area contributed by atoms with Gasteiger partial charge in [0.1, 0.15) is 18.2 Å². The van der Waals surface area contributed by atoms with E-state index in [2.05, 4.69) is 21.1 Å². The second-order valence-electron chi connectivity index (χ2n) is 3.73. The predicted octanol–water partition coefficient (Wildman–Crippen LogP) is 1.73. The van der Waals surface area contributed by atoms with E-state index in [9.17, 15) is 4.79 Å². The predicted molar refractivity (Wildman–Crippen MR) is 60.0 cm³/mol. The molecule has 0 spiro atoms. The summed E-state index contributed by atoms with van der Waals surface area (Å²) in [5.74, 6) is -0.606. The maximum atomic E-state index is 11.5. The van der Waals surface area contributed by atoms with Gasteiger partial charge in [-0.2, -0.15) is 0 Å². The van der Waals surface area contributed by atoms with Crippen LogP contribution in [0.1, 0.15) is 5.56 Å². The number of hydrogen-bond acceptors (Lipinski definition) is 4. The normalized spacial score (nSPS) is 27.1. The highest BCUT2D eigenvalue weighted by molar-refractivity contribution is 9.10. The largest absolute Gasteiger partial charge is 0.461 e. The highest BCUT2D eigenvalue weighted by Crippen LogP contribution is 2.29. The number of cyclic esters (lactones) is 1. The molecule has 0 radical (unpaired) electrons. The summed E-state index contributed by atoms with van der Waals surface area (Å²) in [5.41, 5.74) is 1.56. The van der Waals surface area contributed by atoms with Crippen LogP contribution in [0.4, 0.5) is 0 Å². The van der Waals surface area contributed by atoms with E-state index in [1.165, 1.54) is 0 Å². The van der Waals surface area contributed by atoms with Crippen molar-refractivity contribution in [2.45, 2.75) is 6.10 Å². The Morgan fingerprint density at radius 3 is 2.81 bits per heavy atom. The van der Waals surface area contributed by atoms with Crippen LogP contribution in [0, 0.1) is 5.92 Å². The van der Waals surface area contributed by atoms with E-state index < -0.39 is 0 Å². The van der Waals surface area contributed by atoms with Gasteiger partial charge in [-0.25, -0.2) is 0 Å². The number of nitrogens with zero attached hydrogens (tertiary/aromatic N) is 1. The van der Waals surface area contributed by atoms with Gasteiger partial charge in [-0.3, -0.25) is 4.79 Å². The van der Waals surface area contributed by atoms with Crippen LogP contribution in [0.2, 0.25) is 0 Å². The first-order valence-electron chi connectivity index (χ1n) is 4.92. The smallest absolute Gasteiger partial charge is 0.319 e. The molecule has 1 saturated heterocycles. The molecule has 82 valence electrons. The molecule has 2 heterocycles. The van der Waals surface area contributed by atoms with Crippen molar-refractivity contribution in [2.24, 2.45) is 11.1 Å². The van der Waals surface area contributed by atoms with Crippen LogP contribution >= 0.6 is 15.9 Å². The lowest BCUT2D eigenvalue weighted by Gasteiger charge is -2.04. The molecule has 2 atom stereocenters. The molecule has 1 aromatic carbocycles. The number of rotatable bonds is 1. The van der Waals surface area contributed by atoms with Gasteiger partial charge in [0.05, 0.1) is 0 Å². The van der Waals surface area contributed by atoms with Crippen LogP contribution in [-0.2, 0) is 14.4 Å². The number of carbonyl (C=O) groups is 1. The molecule has 16 heavy (non-hydrogen) atoms. The van der Waals surface area contributed by atoms with E-state index in [-0.39, 0.29) is 18.0 Å². The number of ether oxygens (including phenoxy) is 1. The highest BCUT2D eigenvalue weighted by atomic mass is 79.9. The number of benzene rings is 1. The number of carbonyl (C=O) groups excluding carboxylic acids is 1. The zero-order valence-corrected chi connectivity index (χ0v) is 9.81. The Morgan fingerprint density at radius 1 is 1.31 bits per heavy atom. The van der Waals surface area contributed by atoms with Crippen molar-refractivity contribution in [1.29, 1.82) is 0 Å². The third kappa shape index (κ3) is 1.43. The van der Waals surface area contributed by atoms with Crippen LogP contribution in [0.15, 0.2) is 33.9 Å². The summed E-state index contributed by atoms with van der Waals surface area (Å²) in [6, 6.07) is 7.62. The summed E-state index contributed by atoms with van der Waals surface area (Å²) < 4.78 is 5.93. The summed E-state index contributed by atoms with van der Waals surface area (Å²) in [4.78, 5) is 16.7. The van der Waals surface area contributed by atoms with Crippen molar-refractivity contribution in [3.8, 4) is 0 Å². The minimum Gasteiger partial charge on any atom is -0.461 e. The van der Waals surface area contributed by atoms with Gasteiger partial charge in [0.15, 0.2) is 6.10 Å². The lowest BCUT2D eigenvalue weighted by Crippen LogP contribution is -2.24. The van der Waals surface area contributed by atoms with Crippen molar-refractivity contribution in [3.05, 3.63) is 34.3 Å². The molecule has 0 aliphatic carbocycles. The second-order valence-corrected chi connectivity index (χ2v) is 4.65. The molecule has 4 nitrogen and oxygen atoms in total. The fraction of sp³-hybridized carbons (Fsp3) is 0.273. The van der Waals surface area contributed by atoms with Crippen molar-refractivity contribution in [2.75, 3.05) is 6.61 Å². The second kappa shape index (κ2) is 3.59. The van der Waals surface area contributed by atoms with Crippen molar-refractivity contribution >= 4 is 27.6 Å². The summed E-state index contributed by atoms with van der Waals surface area (Å²) >= 11 is 3.36. The molecule has 2 aliphatic heterocycles. The van der Waals surface area contributed by atoms with Gasteiger partial charge in [0.25, 0.3) is 0 Å². The fourth-order valence-electron chi connectivity index (χ4n) is 1.92. The molecule has 2 unspecified atom stereocenters. The fourth-order valence-corrected chi connectivity index (χ4v) is 2.18. The average molecular weight is 282 g/mol. The molecule has 3 rings (SSSR count). The molecule has 1 aromatic rings. The number of esters is 1. The van der Waals surface area contributed by atoms with E-state index in [0.29, 0.717) is 12.3 Å². The van der Waals surface area contributed by atoms with E-state index in [4.69, 9.17) is 9.57 Å². The Bertz CT molecular complexity index is 469. The number of fused-ring (bicyclic) bond motifs is 1. The van der Waals surface area contributed by atoms with E-state index >= 15 is 0 Å². The minimum absolute atomic E-state index is 0.244. The molecule has 0 N–H and O–H groups in total. The maximum Gasteiger partial charge on any atom is 0.319 e. The number of hydrogen-bond donors (Lipinski definition) is 0. The van der Waals surface area contributed by atoms with Gasteiger partial charge in [-0.15, -0.1) is 0 Å². The Labute approximate surface area is 100 Å². The van der Waals surface area contributed by atoms with Gasteiger partial charge in [-0.05, 0) is 12.1 Å². The van der Waals surface area contributed by atoms with Crippen LogP contribution in [0.3, 0.4) is 0 Å². The van der Waals surface area contributed by atoms with Crippen LogP contribution in [0.25, 0.3) is 0 Å². The molecule has 0 aromatic heterocycles.